The van der Waals surface area contributed by atoms with Gasteiger partial charge in [-0.1, -0.05) is 12.8 Å². The third kappa shape index (κ3) is 3.55. The third-order valence-corrected chi connectivity index (χ3v) is 3.82. The Bertz CT molecular complexity index is 478. The maximum Gasteiger partial charge on any atom is 0.180 e. The minimum Gasteiger partial charge on any atom is -0.507 e. The molecule has 1 aromatic carbocycles. The van der Waals surface area contributed by atoms with Gasteiger partial charge in [0.1, 0.15) is 11.6 Å². The van der Waals surface area contributed by atoms with Gasteiger partial charge >= 0.3 is 0 Å². The number of likely N-dealkylation sites (tertiary alicyclic amines) is 1. The van der Waals surface area contributed by atoms with Crippen LogP contribution in [0.15, 0.2) is 18.2 Å². The summed E-state index contributed by atoms with van der Waals surface area (Å²) in [4.78, 5) is 14.1. The van der Waals surface area contributed by atoms with Crippen LogP contribution < -0.4 is 0 Å². The monoisotopic (exact) mass is 281 g/mol. The second kappa shape index (κ2) is 6.81. The van der Waals surface area contributed by atoms with Crippen molar-refractivity contribution < 1.29 is 19.4 Å². The van der Waals surface area contributed by atoms with E-state index in [-0.39, 0.29) is 36.3 Å². The van der Waals surface area contributed by atoms with Crippen molar-refractivity contribution in [2.45, 2.75) is 31.7 Å². The lowest BCUT2D eigenvalue weighted by atomic mass is 10.1. The molecule has 2 rings (SSSR count). The van der Waals surface area contributed by atoms with Crippen molar-refractivity contribution in [1.29, 1.82) is 0 Å². The lowest BCUT2D eigenvalue weighted by Crippen LogP contribution is -2.40. The van der Waals surface area contributed by atoms with Gasteiger partial charge in [-0.2, -0.15) is 0 Å². The van der Waals surface area contributed by atoms with Crippen molar-refractivity contribution in [2.75, 3.05) is 19.7 Å². The molecule has 0 aliphatic carbocycles. The zero-order valence-corrected chi connectivity index (χ0v) is 11.4. The Morgan fingerprint density at radius 2 is 2.15 bits per heavy atom. The average Bonchev–Trinajstić information content (AvgIpc) is 2.66. The Balaban J connectivity index is 2.11. The van der Waals surface area contributed by atoms with E-state index in [1.165, 1.54) is 6.07 Å². The molecule has 1 atom stereocenters. The van der Waals surface area contributed by atoms with Crippen LogP contribution in [0.25, 0.3) is 0 Å². The van der Waals surface area contributed by atoms with Crippen molar-refractivity contribution >= 4 is 5.78 Å². The molecule has 1 unspecified atom stereocenters. The minimum absolute atomic E-state index is 0.00550. The zero-order chi connectivity index (χ0) is 14.5. The number of rotatable bonds is 4. The number of hydrogen-bond acceptors (Lipinski definition) is 4. The Hall–Kier alpha value is -1.46. The molecule has 1 fully saturated rings. The van der Waals surface area contributed by atoms with E-state index in [1.807, 2.05) is 4.90 Å². The molecule has 5 heteroatoms. The predicted molar refractivity (Wildman–Crippen MR) is 73.3 cm³/mol. The highest BCUT2D eigenvalue weighted by Crippen LogP contribution is 2.21. The molecule has 1 heterocycles. The van der Waals surface area contributed by atoms with E-state index in [1.54, 1.807) is 0 Å². The quantitative estimate of drug-likeness (QED) is 0.828. The first-order valence-electron chi connectivity index (χ1n) is 6.98. The molecule has 1 aliphatic heterocycles. The van der Waals surface area contributed by atoms with Crippen LogP contribution >= 0.6 is 0 Å². The molecular formula is C15H20FNO3. The van der Waals surface area contributed by atoms with Crippen molar-refractivity contribution in [3.8, 4) is 5.75 Å². The Labute approximate surface area is 117 Å². The fraction of sp³-hybridized carbons (Fsp3) is 0.533. The van der Waals surface area contributed by atoms with Crippen LogP contribution in [0.3, 0.4) is 0 Å². The number of halogens is 1. The average molecular weight is 281 g/mol. The van der Waals surface area contributed by atoms with Gasteiger partial charge < -0.3 is 10.2 Å². The molecule has 0 spiro atoms. The zero-order valence-electron chi connectivity index (χ0n) is 11.4. The largest absolute Gasteiger partial charge is 0.507 e. The highest BCUT2D eigenvalue weighted by molar-refractivity contribution is 6.00. The van der Waals surface area contributed by atoms with Crippen LogP contribution in [0.1, 0.15) is 36.0 Å². The van der Waals surface area contributed by atoms with Gasteiger partial charge in [0.25, 0.3) is 0 Å². The van der Waals surface area contributed by atoms with Gasteiger partial charge in [-0.15, -0.1) is 0 Å². The highest BCUT2D eigenvalue weighted by atomic mass is 19.1. The van der Waals surface area contributed by atoms with Crippen LogP contribution in [-0.4, -0.2) is 46.6 Å². The third-order valence-electron chi connectivity index (χ3n) is 3.82. The van der Waals surface area contributed by atoms with E-state index in [0.717, 1.165) is 44.4 Å². The summed E-state index contributed by atoms with van der Waals surface area (Å²) in [5.74, 6) is -1.06. The summed E-state index contributed by atoms with van der Waals surface area (Å²) in [6.07, 6.45) is 3.98. The van der Waals surface area contributed by atoms with E-state index in [2.05, 4.69) is 0 Å². The van der Waals surface area contributed by atoms with Gasteiger partial charge in [0, 0.05) is 6.04 Å². The number of hydrogen-bond donors (Lipinski definition) is 2. The first-order chi connectivity index (χ1) is 9.61. The van der Waals surface area contributed by atoms with Gasteiger partial charge in [-0.05, 0) is 37.6 Å². The molecule has 0 amide bonds. The van der Waals surface area contributed by atoms with Crippen LogP contribution in [0.4, 0.5) is 4.39 Å². The van der Waals surface area contributed by atoms with E-state index in [9.17, 15) is 19.4 Å². The van der Waals surface area contributed by atoms with E-state index >= 15 is 0 Å². The number of aliphatic hydroxyl groups excluding tert-OH is 1. The SMILES string of the molecule is O=C(CN1CCCCCC1CO)c1cc(F)ccc1O. The van der Waals surface area contributed by atoms with Gasteiger partial charge in [0.2, 0.25) is 0 Å². The fourth-order valence-electron chi connectivity index (χ4n) is 2.65. The first kappa shape index (κ1) is 14.9. The molecule has 20 heavy (non-hydrogen) atoms. The van der Waals surface area contributed by atoms with Crippen molar-refractivity contribution in [1.82, 2.24) is 4.90 Å². The molecule has 0 bridgehead atoms. The lowest BCUT2D eigenvalue weighted by molar-refractivity contribution is 0.0823. The van der Waals surface area contributed by atoms with Gasteiger partial charge in [-0.25, -0.2) is 4.39 Å². The van der Waals surface area contributed by atoms with E-state index in [0.29, 0.717) is 0 Å². The summed E-state index contributed by atoms with van der Waals surface area (Å²) in [5, 5.41) is 19.1. The number of phenolic OH excluding ortho intramolecular Hbond substituents is 1. The van der Waals surface area contributed by atoms with Gasteiger partial charge in [0.05, 0.1) is 18.7 Å². The summed E-state index contributed by atoms with van der Waals surface area (Å²) in [6, 6.07) is 3.34. The maximum absolute atomic E-state index is 13.2. The second-order valence-electron chi connectivity index (χ2n) is 5.24. The Morgan fingerprint density at radius 3 is 2.90 bits per heavy atom. The van der Waals surface area contributed by atoms with Gasteiger partial charge in [0.15, 0.2) is 5.78 Å². The smallest absolute Gasteiger partial charge is 0.180 e. The highest BCUT2D eigenvalue weighted by Gasteiger charge is 2.24. The fourth-order valence-corrected chi connectivity index (χ4v) is 2.65. The van der Waals surface area contributed by atoms with Crippen molar-refractivity contribution in [3.63, 3.8) is 0 Å². The van der Waals surface area contributed by atoms with Crippen LogP contribution in [0.5, 0.6) is 5.75 Å². The second-order valence-corrected chi connectivity index (χ2v) is 5.24. The van der Waals surface area contributed by atoms with E-state index < -0.39 is 5.82 Å². The summed E-state index contributed by atoms with van der Waals surface area (Å²) >= 11 is 0. The van der Waals surface area contributed by atoms with Crippen LogP contribution in [-0.2, 0) is 0 Å². The molecule has 0 radical (unpaired) electrons. The number of carbonyl (C=O) groups excluding carboxylic acids is 1. The molecule has 110 valence electrons. The molecular weight excluding hydrogens is 261 g/mol. The summed E-state index contributed by atoms with van der Waals surface area (Å²) in [7, 11) is 0. The number of Topliss-reactive ketones (excluding diaryl/α,β-unsaturated/α-hetero) is 1. The van der Waals surface area contributed by atoms with E-state index in [4.69, 9.17) is 0 Å². The summed E-state index contributed by atoms with van der Waals surface area (Å²) in [5.41, 5.74) is 0.00550. The number of benzene rings is 1. The molecule has 1 aliphatic rings. The Kier molecular flexibility index (Phi) is 5.09. The van der Waals surface area contributed by atoms with Crippen LogP contribution in [0, 0.1) is 5.82 Å². The predicted octanol–water partition coefficient (Wildman–Crippen LogP) is 1.95. The molecule has 1 aromatic rings. The van der Waals surface area contributed by atoms with Crippen LogP contribution in [0.2, 0.25) is 0 Å². The molecule has 2 N–H and O–H groups in total. The van der Waals surface area contributed by atoms with Crippen molar-refractivity contribution in [3.05, 3.63) is 29.6 Å². The minimum atomic E-state index is -0.541. The number of aromatic hydroxyl groups is 1. The lowest BCUT2D eigenvalue weighted by Gasteiger charge is -2.27. The summed E-state index contributed by atoms with van der Waals surface area (Å²) in [6.45, 7) is 0.859. The maximum atomic E-state index is 13.2. The number of phenols is 1. The topological polar surface area (TPSA) is 60.8 Å². The molecule has 1 saturated heterocycles. The molecule has 0 aromatic heterocycles. The van der Waals surface area contributed by atoms with Crippen molar-refractivity contribution in [2.24, 2.45) is 0 Å². The van der Waals surface area contributed by atoms with Gasteiger partial charge in [-0.3, -0.25) is 9.69 Å². The number of nitrogens with zero attached hydrogens (tertiary/aromatic N) is 1. The number of ketones is 1. The number of aliphatic hydroxyl groups is 1. The standard InChI is InChI=1S/C15H20FNO3/c16-11-5-6-14(19)13(8-11)15(20)9-17-7-3-1-2-4-12(17)10-18/h5-6,8,12,18-19H,1-4,7,9-10H2. The normalized spacial score (nSPS) is 20.6. The first-order valence-corrected chi connectivity index (χ1v) is 6.98. The number of carbonyl (C=O) groups is 1. The summed E-state index contributed by atoms with van der Waals surface area (Å²) < 4.78 is 13.2. The Morgan fingerprint density at radius 1 is 1.35 bits per heavy atom. The molecule has 4 nitrogen and oxygen atoms in total. The molecule has 0 saturated carbocycles.